The highest BCUT2D eigenvalue weighted by Gasteiger charge is 2.28. The molecule has 1 saturated heterocycles. The van der Waals surface area contributed by atoms with Gasteiger partial charge in [-0.1, -0.05) is 0 Å². The number of carbonyl (C=O) groups excluding carboxylic acids is 1. The van der Waals surface area contributed by atoms with Gasteiger partial charge >= 0.3 is 0 Å². The molecule has 4 heterocycles. The molecule has 0 aliphatic carbocycles. The van der Waals surface area contributed by atoms with Crippen molar-refractivity contribution in [2.75, 3.05) is 13.1 Å². The third kappa shape index (κ3) is 2.61. The normalized spacial score (nSPS) is 18.5. The smallest absolute Gasteiger partial charge is 0.276 e. The van der Waals surface area contributed by atoms with Gasteiger partial charge in [0.2, 0.25) is 0 Å². The zero-order valence-electron chi connectivity index (χ0n) is 12.8. The number of thiazole rings is 1. The molecule has 0 aromatic carbocycles. The summed E-state index contributed by atoms with van der Waals surface area (Å²) in [6, 6.07) is 0. The fraction of sp³-hybridized carbons (Fsp3) is 0.375. The summed E-state index contributed by atoms with van der Waals surface area (Å²) in [7, 11) is 0. The van der Waals surface area contributed by atoms with Gasteiger partial charge in [-0.2, -0.15) is 0 Å². The number of aromatic nitrogens is 4. The number of likely N-dealkylation sites (tertiary alicyclic amines) is 1. The number of rotatable bonds is 2. The van der Waals surface area contributed by atoms with Gasteiger partial charge in [0, 0.05) is 54.9 Å². The molecule has 4 rings (SSSR count). The van der Waals surface area contributed by atoms with Crippen LogP contribution in [0.25, 0.3) is 5.65 Å². The van der Waals surface area contributed by atoms with Gasteiger partial charge in [0.25, 0.3) is 5.91 Å². The summed E-state index contributed by atoms with van der Waals surface area (Å²) in [5, 5.41) is 1.13. The number of imidazole rings is 1. The van der Waals surface area contributed by atoms with E-state index in [9.17, 15) is 4.79 Å². The Bertz CT molecular complexity index is 855. The maximum absolute atomic E-state index is 12.9. The zero-order valence-corrected chi connectivity index (χ0v) is 13.7. The topological polar surface area (TPSA) is 63.4 Å². The predicted molar refractivity (Wildman–Crippen MR) is 87.7 cm³/mol. The molecular weight excluding hydrogens is 310 g/mol. The number of carbonyl (C=O) groups is 1. The first kappa shape index (κ1) is 14.3. The first-order valence-corrected chi connectivity index (χ1v) is 8.53. The van der Waals surface area contributed by atoms with Crippen molar-refractivity contribution >= 4 is 22.9 Å². The highest BCUT2D eigenvalue weighted by Crippen LogP contribution is 2.30. The minimum absolute atomic E-state index is 0.0419. The van der Waals surface area contributed by atoms with Crippen molar-refractivity contribution in [2.24, 2.45) is 0 Å². The Hall–Kier alpha value is -2.28. The SMILES string of the molecule is Cc1cnc([C@H]2CCCN(C(=O)c3nccn4ccnc34)C2)s1. The maximum Gasteiger partial charge on any atom is 0.276 e. The standard InChI is InChI=1S/C16H17N5OS/c1-11-9-19-15(23-11)12-3-2-6-21(10-12)16(22)13-14-18-5-8-20(14)7-4-17-13/h4-5,7-9,12H,2-3,6,10H2,1H3/t12-/m0/s1. The van der Waals surface area contributed by atoms with Crippen LogP contribution in [0.4, 0.5) is 0 Å². The molecule has 1 fully saturated rings. The van der Waals surface area contributed by atoms with Crippen LogP contribution in [-0.2, 0) is 0 Å². The van der Waals surface area contributed by atoms with Crippen LogP contribution in [-0.4, -0.2) is 43.2 Å². The number of hydrogen-bond acceptors (Lipinski definition) is 5. The van der Waals surface area contributed by atoms with Crippen molar-refractivity contribution in [3.8, 4) is 0 Å². The van der Waals surface area contributed by atoms with E-state index >= 15 is 0 Å². The second-order valence-electron chi connectivity index (χ2n) is 5.83. The molecule has 1 aliphatic heterocycles. The Balaban J connectivity index is 1.60. The third-order valence-electron chi connectivity index (χ3n) is 4.21. The molecule has 0 N–H and O–H groups in total. The molecule has 0 unspecified atom stereocenters. The molecule has 6 nitrogen and oxygen atoms in total. The molecule has 0 spiro atoms. The molecule has 118 valence electrons. The van der Waals surface area contributed by atoms with Gasteiger partial charge in [-0.15, -0.1) is 11.3 Å². The van der Waals surface area contributed by atoms with Gasteiger partial charge in [-0.25, -0.2) is 15.0 Å². The van der Waals surface area contributed by atoms with E-state index in [-0.39, 0.29) is 5.91 Å². The Morgan fingerprint density at radius 1 is 1.26 bits per heavy atom. The zero-order chi connectivity index (χ0) is 15.8. The van der Waals surface area contributed by atoms with Gasteiger partial charge in [-0.3, -0.25) is 4.79 Å². The van der Waals surface area contributed by atoms with Crippen LogP contribution in [0.5, 0.6) is 0 Å². The number of nitrogens with zero attached hydrogens (tertiary/aromatic N) is 5. The number of fused-ring (bicyclic) bond motifs is 1. The van der Waals surface area contributed by atoms with Crippen molar-refractivity contribution in [2.45, 2.75) is 25.7 Å². The van der Waals surface area contributed by atoms with E-state index < -0.39 is 0 Å². The number of amides is 1. The van der Waals surface area contributed by atoms with Crippen molar-refractivity contribution in [3.63, 3.8) is 0 Å². The fourth-order valence-electron chi connectivity index (χ4n) is 3.08. The lowest BCUT2D eigenvalue weighted by molar-refractivity contribution is 0.0702. The first-order valence-electron chi connectivity index (χ1n) is 7.71. The summed E-state index contributed by atoms with van der Waals surface area (Å²) in [6.07, 6.45) is 10.9. The van der Waals surface area contributed by atoms with Crippen LogP contribution in [0.15, 0.2) is 31.0 Å². The van der Waals surface area contributed by atoms with Gasteiger partial charge < -0.3 is 9.30 Å². The molecule has 1 atom stereocenters. The van der Waals surface area contributed by atoms with Crippen molar-refractivity contribution < 1.29 is 4.79 Å². The molecule has 3 aromatic heterocycles. The molecule has 1 aliphatic rings. The second-order valence-corrected chi connectivity index (χ2v) is 7.10. The van der Waals surface area contributed by atoms with E-state index in [1.165, 1.54) is 4.88 Å². The molecule has 0 bridgehead atoms. The minimum Gasteiger partial charge on any atom is -0.336 e. The van der Waals surface area contributed by atoms with Crippen LogP contribution in [0.3, 0.4) is 0 Å². The summed E-state index contributed by atoms with van der Waals surface area (Å²) in [5.41, 5.74) is 1.04. The predicted octanol–water partition coefficient (Wildman–Crippen LogP) is 2.51. The average Bonchev–Trinajstić information content (AvgIpc) is 3.22. The van der Waals surface area contributed by atoms with Crippen LogP contribution in [0, 0.1) is 6.92 Å². The maximum atomic E-state index is 12.9. The Morgan fingerprint density at radius 2 is 2.09 bits per heavy atom. The summed E-state index contributed by atoms with van der Waals surface area (Å²) < 4.78 is 1.83. The van der Waals surface area contributed by atoms with Gasteiger partial charge in [-0.05, 0) is 19.8 Å². The molecule has 0 saturated carbocycles. The molecule has 23 heavy (non-hydrogen) atoms. The molecular formula is C16H17N5OS. The van der Waals surface area contributed by atoms with Crippen molar-refractivity contribution in [1.29, 1.82) is 0 Å². The lowest BCUT2D eigenvalue weighted by Crippen LogP contribution is -2.39. The number of piperidine rings is 1. The fourth-order valence-corrected chi connectivity index (χ4v) is 3.98. The number of hydrogen-bond donors (Lipinski definition) is 0. The molecule has 0 radical (unpaired) electrons. The van der Waals surface area contributed by atoms with Gasteiger partial charge in [0.05, 0.1) is 5.01 Å². The summed E-state index contributed by atoms with van der Waals surface area (Å²) in [4.78, 5) is 29.0. The van der Waals surface area contributed by atoms with Gasteiger partial charge in [0.1, 0.15) is 0 Å². The Labute approximate surface area is 137 Å². The van der Waals surface area contributed by atoms with Crippen LogP contribution < -0.4 is 0 Å². The summed E-state index contributed by atoms with van der Waals surface area (Å²) >= 11 is 1.73. The Kier molecular flexibility index (Phi) is 3.57. The first-order chi connectivity index (χ1) is 11.2. The van der Waals surface area contributed by atoms with E-state index in [2.05, 4.69) is 21.9 Å². The largest absolute Gasteiger partial charge is 0.336 e. The second kappa shape index (κ2) is 5.73. The number of aryl methyl sites for hydroxylation is 1. The molecule has 7 heteroatoms. The van der Waals surface area contributed by atoms with Crippen LogP contribution >= 0.6 is 11.3 Å². The van der Waals surface area contributed by atoms with Crippen molar-refractivity contribution in [3.05, 3.63) is 46.6 Å². The highest BCUT2D eigenvalue weighted by atomic mass is 32.1. The quantitative estimate of drug-likeness (QED) is 0.725. The van der Waals surface area contributed by atoms with Crippen molar-refractivity contribution in [1.82, 2.24) is 24.3 Å². The van der Waals surface area contributed by atoms with E-state index in [0.717, 1.165) is 24.4 Å². The molecule has 1 amide bonds. The highest BCUT2D eigenvalue weighted by molar-refractivity contribution is 7.11. The van der Waals surface area contributed by atoms with Crippen LogP contribution in [0.2, 0.25) is 0 Å². The van der Waals surface area contributed by atoms with E-state index in [1.54, 1.807) is 29.9 Å². The van der Waals surface area contributed by atoms with Crippen LogP contribution in [0.1, 0.15) is 39.1 Å². The van der Waals surface area contributed by atoms with E-state index in [4.69, 9.17) is 0 Å². The monoisotopic (exact) mass is 327 g/mol. The summed E-state index contributed by atoms with van der Waals surface area (Å²) in [6.45, 7) is 3.54. The van der Waals surface area contributed by atoms with E-state index in [1.807, 2.05) is 21.7 Å². The lowest BCUT2D eigenvalue weighted by Gasteiger charge is -2.31. The minimum atomic E-state index is -0.0419. The average molecular weight is 327 g/mol. The van der Waals surface area contributed by atoms with E-state index in [0.29, 0.717) is 23.8 Å². The lowest BCUT2D eigenvalue weighted by atomic mass is 9.98. The van der Waals surface area contributed by atoms with Gasteiger partial charge in [0.15, 0.2) is 11.3 Å². The third-order valence-corrected chi connectivity index (χ3v) is 5.29. The molecule has 3 aromatic rings. The summed E-state index contributed by atoms with van der Waals surface area (Å²) in [5.74, 6) is 0.283. The Morgan fingerprint density at radius 3 is 2.87 bits per heavy atom.